The number of ether oxygens (including phenoxy) is 1. The number of aliphatic hydroxyl groups excluding tert-OH is 1. The lowest BCUT2D eigenvalue weighted by Gasteiger charge is -2.26. The minimum Gasteiger partial charge on any atom is -0.444 e. The average Bonchev–Trinajstić information content (AvgIpc) is 2.63. The molecule has 0 saturated carbocycles. The van der Waals surface area contributed by atoms with E-state index in [1.165, 1.54) is 13.0 Å². The van der Waals surface area contributed by atoms with Gasteiger partial charge in [0.2, 0.25) is 11.8 Å². The van der Waals surface area contributed by atoms with Gasteiger partial charge in [-0.25, -0.2) is 4.79 Å². The van der Waals surface area contributed by atoms with Crippen LogP contribution in [0.25, 0.3) is 0 Å². The topological polar surface area (TPSA) is 117 Å². The van der Waals surface area contributed by atoms with E-state index in [1.807, 2.05) is 0 Å². The first kappa shape index (κ1) is 27.2. The summed E-state index contributed by atoms with van der Waals surface area (Å²) in [6, 6.07) is 0.769. The highest BCUT2D eigenvalue weighted by Crippen LogP contribution is 2.35. The number of benzene rings is 1. The number of halogens is 3. The minimum absolute atomic E-state index is 0.0321. The van der Waals surface area contributed by atoms with E-state index in [-0.39, 0.29) is 11.5 Å². The molecule has 0 saturated heterocycles. The number of alkyl halides is 3. The van der Waals surface area contributed by atoms with Gasteiger partial charge in [-0.05, 0) is 51.3 Å². The Morgan fingerprint density at radius 2 is 1.62 bits per heavy atom. The van der Waals surface area contributed by atoms with Crippen molar-refractivity contribution in [3.8, 4) is 0 Å². The zero-order chi connectivity index (χ0) is 24.9. The largest absolute Gasteiger partial charge is 0.444 e. The fraction of sp³-hybridized carbons (Fsp3) is 0.571. The molecule has 180 valence electrons. The van der Waals surface area contributed by atoms with Crippen molar-refractivity contribution in [3.63, 3.8) is 0 Å². The third-order valence-corrected chi connectivity index (χ3v) is 4.20. The molecule has 0 spiro atoms. The molecular weight excluding hydrogens is 431 g/mol. The maximum atomic E-state index is 13.3. The number of carbonyl (C=O) groups excluding carboxylic acids is 3. The highest BCUT2D eigenvalue weighted by atomic mass is 19.4. The molecule has 1 rings (SSSR count). The third-order valence-electron chi connectivity index (χ3n) is 4.20. The van der Waals surface area contributed by atoms with Crippen LogP contribution in [0.1, 0.15) is 52.7 Å². The second kappa shape index (κ2) is 10.7. The molecule has 0 unspecified atom stereocenters. The number of carbonyl (C=O) groups is 3. The van der Waals surface area contributed by atoms with Gasteiger partial charge in [0.25, 0.3) is 0 Å². The summed E-state index contributed by atoms with van der Waals surface area (Å²) in [6.07, 6.45) is -5.58. The maximum Gasteiger partial charge on any atom is 0.418 e. The second-order valence-electron chi connectivity index (χ2n) is 8.62. The molecule has 8 nitrogen and oxygen atoms in total. The highest BCUT2D eigenvalue weighted by Gasteiger charge is 2.35. The van der Waals surface area contributed by atoms with E-state index in [1.54, 1.807) is 34.6 Å². The zero-order valence-corrected chi connectivity index (χ0v) is 18.9. The number of rotatable bonds is 7. The summed E-state index contributed by atoms with van der Waals surface area (Å²) in [5.41, 5.74) is -2.38. The van der Waals surface area contributed by atoms with E-state index in [2.05, 4.69) is 16.0 Å². The number of anilines is 1. The summed E-state index contributed by atoms with van der Waals surface area (Å²) in [5.74, 6) is -1.94. The van der Waals surface area contributed by atoms with Crippen LogP contribution < -0.4 is 16.0 Å². The van der Waals surface area contributed by atoms with Crippen molar-refractivity contribution in [1.82, 2.24) is 10.6 Å². The van der Waals surface area contributed by atoms with E-state index in [4.69, 9.17) is 9.84 Å². The van der Waals surface area contributed by atoms with Gasteiger partial charge >= 0.3 is 12.3 Å². The number of hydrogen-bond acceptors (Lipinski definition) is 5. The van der Waals surface area contributed by atoms with Gasteiger partial charge in [0, 0.05) is 0 Å². The molecule has 32 heavy (non-hydrogen) atoms. The van der Waals surface area contributed by atoms with Crippen LogP contribution in [0.15, 0.2) is 18.2 Å². The Morgan fingerprint density at radius 1 is 1.03 bits per heavy atom. The summed E-state index contributed by atoms with van der Waals surface area (Å²) >= 11 is 0. The molecule has 0 bridgehead atoms. The lowest BCUT2D eigenvalue weighted by Crippen LogP contribution is -2.54. The van der Waals surface area contributed by atoms with Crippen LogP contribution in [-0.4, -0.2) is 40.7 Å². The van der Waals surface area contributed by atoms with Crippen molar-refractivity contribution in [2.24, 2.45) is 5.92 Å². The number of hydrogen-bond donors (Lipinski definition) is 4. The molecule has 2 atom stereocenters. The first-order valence-electron chi connectivity index (χ1n) is 9.97. The zero-order valence-electron chi connectivity index (χ0n) is 18.9. The lowest BCUT2D eigenvalue weighted by atomic mass is 10.0. The molecule has 3 amide bonds. The second-order valence-corrected chi connectivity index (χ2v) is 8.62. The van der Waals surface area contributed by atoms with Crippen LogP contribution >= 0.6 is 0 Å². The molecule has 0 radical (unpaired) electrons. The first-order chi connectivity index (χ1) is 14.5. The first-order valence-corrected chi connectivity index (χ1v) is 9.97. The molecule has 0 aliphatic heterocycles. The van der Waals surface area contributed by atoms with Crippen molar-refractivity contribution in [2.75, 3.05) is 5.32 Å². The quantitative estimate of drug-likeness (QED) is 0.498. The van der Waals surface area contributed by atoms with Crippen LogP contribution in [-0.2, 0) is 27.1 Å². The van der Waals surface area contributed by atoms with Crippen LogP contribution in [0.3, 0.4) is 0 Å². The number of alkyl carbamates (subject to hydrolysis) is 1. The van der Waals surface area contributed by atoms with Gasteiger partial charge < -0.3 is 25.8 Å². The lowest BCUT2D eigenvalue weighted by molar-refractivity contribution is -0.137. The molecule has 1 aromatic rings. The Bertz CT molecular complexity index is 835. The van der Waals surface area contributed by atoms with Crippen LogP contribution in [0, 0.1) is 5.92 Å². The summed E-state index contributed by atoms with van der Waals surface area (Å²) in [7, 11) is 0. The molecule has 0 aromatic heterocycles. The molecule has 0 aliphatic rings. The Kier molecular flexibility index (Phi) is 9.07. The highest BCUT2D eigenvalue weighted by molar-refractivity contribution is 5.98. The smallest absolute Gasteiger partial charge is 0.418 e. The van der Waals surface area contributed by atoms with Gasteiger partial charge in [0.1, 0.15) is 17.7 Å². The predicted molar refractivity (Wildman–Crippen MR) is 112 cm³/mol. The van der Waals surface area contributed by atoms with Crippen molar-refractivity contribution in [1.29, 1.82) is 0 Å². The summed E-state index contributed by atoms with van der Waals surface area (Å²) < 4.78 is 45.0. The fourth-order valence-corrected chi connectivity index (χ4v) is 2.61. The van der Waals surface area contributed by atoms with E-state index < -0.39 is 59.6 Å². The molecule has 4 N–H and O–H groups in total. The van der Waals surface area contributed by atoms with Crippen molar-refractivity contribution >= 4 is 23.6 Å². The van der Waals surface area contributed by atoms with Crippen LogP contribution in [0.2, 0.25) is 0 Å². The average molecular weight is 461 g/mol. The number of nitrogens with one attached hydrogen (secondary N) is 3. The Morgan fingerprint density at radius 3 is 2.09 bits per heavy atom. The predicted octanol–water partition coefficient (Wildman–Crippen LogP) is 3.19. The molecule has 0 fully saturated rings. The number of amides is 3. The van der Waals surface area contributed by atoms with Gasteiger partial charge in [-0.15, -0.1) is 0 Å². The van der Waals surface area contributed by atoms with E-state index >= 15 is 0 Å². The summed E-state index contributed by atoms with van der Waals surface area (Å²) in [4.78, 5) is 37.0. The van der Waals surface area contributed by atoms with E-state index in [0.717, 1.165) is 12.1 Å². The Balaban J connectivity index is 2.90. The van der Waals surface area contributed by atoms with Crippen LogP contribution in [0.4, 0.5) is 23.7 Å². The minimum atomic E-state index is -4.76. The Hall–Kier alpha value is -2.82. The molecule has 0 aliphatic carbocycles. The standard InChI is InChI=1S/C21H30F3N3O5/c1-11(2)16(27-19(31)32-20(4,5)6)18(30)25-12(3)17(29)26-15-8-7-13(10-28)9-14(15)21(22,23)24/h7-9,11-12,16,28H,10H2,1-6H3,(H,25,30)(H,26,29)(H,27,31)/t12-,16-/m0/s1. The van der Waals surface area contributed by atoms with E-state index in [0.29, 0.717) is 0 Å². The van der Waals surface area contributed by atoms with Crippen molar-refractivity contribution < 1.29 is 37.4 Å². The molecular formula is C21H30F3N3O5. The van der Waals surface area contributed by atoms with Gasteiger partial charge in [-0.2, -0.15) is 13.2 Å². The summed E-state index contributed by atoms with van der Waals surface area (Å²) in [5, 5.41) is 16.0. The van der Waals surface area contributed by atoms with Gasteiger partial charge in [-0.3, -0.25) is 9.59 Å². The monoisotopic (exact) mass is 461 g/mol. The van der Waals surface area contributed by atoms with Crippen LogP contribution in [0.5, 0.6) is 0 Å². The summed E-state index contributed by atoms with van der Waals surface area (Å²) in [6.45, 7) is 9.02. The third kappa shape index (κ3) is 8.37. The SMILES string of the molecule is CC(C)[C@H](NC(=O)OC(C)(C)C)C(=O)N[C@@H](C)C(=O)Nc1ccc(CO)cc1C(F)(F)F. The molecule has 1 aromatic carbocycles. The normalized spacial score (nSPS) is 13.8. The van der Waals surface area contributed by atoms with Crippen molar-refractivity contribution in [3.05, 3.63) is 29.3 Å². The van der Waals surface area contributed by atoms with Gasteiger partial charge in [-0.1, -0.05) is 19.9 Å². The Labute approximate surface area is 184 Å². The van der Waals surface area contributed by atoms with Gasteiger partial charge in [0.05, 0.1) is 17.9 Å². The van der Waals surface area contributed by atoms with E-state index in [9.17, 15) is 27.6 Å². The maximum absolute atomic E-state index is 13.3. The fourth-order valence-electron chi connectivity index (χ4n) is 2.61. The molecule has 0 heterocycles. The number of aliphatic hydroxyl groups is 1. The van der Waals surface area contributed by atoms with Gasteiger partial charge in [0.15, 0.2) is 0 Å². The molecule has 11 heteroatoms. The van der Waals surface area contributed by atoms with Crippen molar-refractivity contribution in [2.45, 2.75) is 72.0 Å².